The summed E-state index contributed by atoms with van der Waals surface area (Å²) in [4.78, 5) is 19.9. The van der Waals surface area contributed by atoms with Gasteiger partial charge in [-0.15, -0.1) is 0 Å². The first-order valence-corrected chi connectivity index (χ1v) is 3.60. The Bertz CT molecular complexity index is 229. The van der Waals surface area contributed by atoms with E-state index in [9.17, 15) is 14.9 Å². The second-order valence-electron chi connectivity index (χ2n) is 3.35. The van der Waals surface area contributed by atoms with E-state index >= 15 is 0 Å². The molecule has 1 N–H and O–H groups in total. The molecule has 0 rings (SSSR count). The summed E-state index contributed by atoms with van der Waals surface area (Å²) in [6.45, 7) is 5.31. The van der Waals surface area contributed by atoms with Crippen molar-refractivity contribution < 1.29 is 14.5 Å². The minimum atomic E-state index is -0.718. The highest BCUT2D eigenvalue weighted by atomic mass is 16.6. The van der Waals surface area contributed by atoms with Crippen LogP contribution in [-0.2, 0) is 4.74 Å². The number of carbonyl (C=O) groups is 1. The van der Waals surface area contributed by atoms with E-state index in [4.69, 9.17) is 0 Å². The molecule has 0 atom stereocenters. The first-order chi connectivity index (χ1) is 5.81. The number of hydrogen-bond acceptors (Lipinski definition) is 4. The summed E-state index contributed by atoms with van der Waals surface area (Å²) in [6.07, 6.45) is 0.550. The van der Waals surface area contributed by atoms with Gasteiger partial charge in [-0.05, 0) is 20.8 Å². The topological polar surface area (TPSA) is 81.5 Å². The second kappa shape index (κ2) is 4.44. The average molecular weight is 188 g/mol. The quantitative estimate of drug-likeness (QED) is 0.401. The standard InChI is InChI=1S/C7H12N2O4/c1-7(2,3)8-6(10)13-5-4-9(11)12/h4-5H,1-3H3,(H,8,10). The molecule has 6 heteroatoms. The molecule has 0 unspecified atom stereocenters. The van der Waals surface area contributed by atoms with Crippen LogP contribution in [0.2, 0.25) is 0 Å². The molecule has 1 amide bonds. The Morgan fingerprint density at radius 3 is 2.46 bits per heavy atom. The SMILES string of the molecule is CC(C)(C)NC(=O)OC=C[N+](=O)[O-]. The van der Waals surface area contributed by atoms with Crippen LogP contribution in [0.15, 0.2) is 12.5 Å². The summed E-state index contributed by atoms with van der Waals surface area (Å²) in [5, 5.41) is 12.2. The van der Waals surface area contributed by atoms with Gasteiger partial charge in [0.05, 0.1) is 4.92 Å². The summed E-state index contributed by atoms with van der Waals surface area (Å²) < 4.78 is 4.36. The van der Waals surface area contributed by atoms with Crippen molar-refractivity contribution in [2.75, 3.05) is 0 Å². The minimum absolute atomic E-state index is 0.417. The van der Waals surface area contributed by atoms with Crippen LogP contribution in [0.3, 0.4) is 0 Å². The number of alkyl carbamates (subject to hydrolysis) is 1. The lowest BCUT2D eigenvalue weighted by Crippen LogP contribution is -2.40. The van der Waals surface area contributed by atoms with Crippen molar-refractivity contribution in [3.05, 3.63) is 22.6 Å². The van der Waals surface area contributed by atoms with Crippen LogP contribution < -0.4 is 5.32 Å². The van der Waals surface area contributed by atoms with E-state index in [1.807, 2.05) is 0 Å². The third kappa shape index (κ3) is 8.32. The van der Waals surface area contributed by atoms with Crippen LogP contribution >= 0.6 is 0 Å². The largest absolute Gasteiger partial charge is 0.412 e. The van der Waals surface area contributed by atoms with E-state index in [0.717, 1.165) is 6.26 Å². The monoisotopic (exact) mass is 188 g/mol. The van der Waals surface area contributed by atoms with Gasteiger partial charge in [-0.25, -0.2) is 4.79 Å². The molecule has 13 heavy (non-hydrogen) atoms. The summed E-state index contributed by atoms with van der Waals surface area (Å²) in [5.41, 5.74) is -0.417. The predicted octanol–water partition coefficient (Wildman–Crippen LogP) is 1.26. The Kier molecular flexibility index (Phi) is 3.90. The Labute approximate surface area is 75.7 Å². The molecule has 0 aliphatic carbocycles. The summed E-state index contributed by atoms with van der Waals surface area (Å²) in [7, 11) is 0. The van der Waals surface area contributed by atoms with E-state index in [-0.39, 0.29) is 0 Å². The Morgan fingerprint density at radius 2 is 2.08 bits per heavy atom. The van der Waals surface area contributed by atoms with Crippen molar-refractivity contribution in [3.8, 4) is 0 Å². The number of ether oxygens (including phenoxy) is 1. The van der Waals surface area contributed by atoms with Gasteiger partial charge in [0.1, 0.15) is 0 Å². The zero-order chi connectivity index (χ0) is 10.5. The van der Waals surface area contributed by atoms with Gasteiger partial charge in [0, 0.05) is 5.54 Å². The Hall–Kier alpha value is -1.59. The summed E-state index contributed by atoms with van der Waals surface area (Å²) >= 11 is 0. The summed E-state index contributed by atoms with van der Waals surface area (Å²) in [5.74, 6) is 0. The molecule has 0 aliphatic rings. The number of rotatable bonds is 2. The van der Waals surface area contributed by atoms with Crippen molar-refractivity contribution in [2.24, 2.45) is 0 Å². The molecule has 0 spiro atoms. The van der Waals surface area contributed by atoms with Gasteiger partial charge < -0.3 is 10.1 Å². The molecule has 74 valence electrons. The first-order valence-electron chi connectivity index (χ1n) is 3.60. The minimum Gasteiger partial charge on any atom is -0.412 e. The number of amides is 1. The lowest BCUT2D eigenvalue weighted by Gasteiger charge is -2.18. The zero-order valence-electron chi connectivity index (χ0n) is 7.73. The highest BCUT2D eigenvalue weighted by Gasteiger charge is 2.13. The molecule has 0 aromatic carbocycles. The Balaban J connectivity index is 3.83. The van der Waals surface area contributed by atoms with Crippen molar-refractivity contribution >= 4 is 6.09 Å². The molecule has 0 aliphatic heterocycles. The van der Waals surface area contributed by atoms with Crippen LogP contribution in [0.4, 0.5) is 4.79 Å². The number of hydrogen-bond donors (Lipinski definition) is 1. The van der Waals surface area contributed by atoms with Gasteiger partial charge in [-0.3, -0.25) is 10.1 Å². The summed E-state index contributed by atoms with van der Waals surface area (Å²) in [6, 6.07) is 0. The zero-order valence-corrected chi connectivity index (χ0v) is 7.73. The van der Waals surface area contributed by atoms with Crippen LogP contribution in [0.1, 0.15) is 20.8 Å². The lowest BCUT2D eigenvalue weighted by atomic mass is 10.1. The van der Waals surface area contributed by atoms with E-state index in [1.54, 1.807) is 20.8 Å². The fourth-order valence-electron chi connectivity index (χ4n) is 0.478. The van der Waals surface area contributed by atoms with E-state index in [0.29, 0.717) is 6.20 Å². The predicted molar refractivity (Wildman–Crippen MR) is 45.5 cm³/mol. The average Bonchev–Trinajstić information content (AvgIpc) is 1.81. The van der Waals surface area contributed by atoms with E-state index in [1.165, 1.54) is 0 Å². The van der Waals surface area contributed by atoms with Gasteiger partial charge in [-0.2, -0.15) is 0 Å². The van der Waals surface area contributed by atoms with Crippen LogP contribution in [0, 0.1) is 10.1 Å². The third-order valence-electron chi connectivity index (χ3n) is 0.835. The molecular weight excluding hydrogens is 176 g/mol. The van der Waals surface area contributed by atoms with Gasteiger partial charge in [0.25, 0.3) is 6.20 Å². The molecule has 0 saturated carbocycles. The van der Waals surface area contributed by atoms with Gasteiger partial charge in [-0.1, -0.05) is 0 Å². The number of nitrogens with zero attached hydrogens (tertiary/aromatic N) is 1. The van der Waals surface area contributed by atoms with Crippen LogP contribution in [-0.4, -0.2) is 16.6 Å². The molecule has 6 nitrogen and oxygen atoms in total. The lowest BCUT2D eigenvalue weighted by molar-refractivity contribution is -0.403. The van der Waals surface area contributed by atoms with Gasteiger partial charge >= 0.3 is 6.09 Å². The van der Waals surface area contributed by atoms with Crippen molar-refractivity contribution in [3.63, 3.8) is 0 Å². The molecule has 0 saturated heterocycles. The number of carbonyl (C=O) groups excluding carboxylic acids is 1. The van der Waals surface area contributed by atoms with Crippen LogP contribution in [0.25, 0.3) is 0 Å². The Morgan fingerprint density at radius 1 is 1.54 bits per heavy atom. The smallest absolute Gasteiger partial charge is 0.412 e. The molecule has 0 radical (unpaired) electrons. The molecular formula is C7H12N2O4. The number of nitro groups is 1. The van der Waals surface area contributed by atoms with Gasteiger partial charge in [0.2, 0.25) is 0 Å². The normalized spacial score (nSPS) is 11.3. The fourth-order valence-corrected chi connectivity index (χ4v) is 0.478. The van der Waals surface area contributed by atoms with Crippen molar-refractivity contribution in [1.29, 1.82) is 0 Å². The molecule has 0 aromatic heterocycles. The third-order valence-corrected chi connectivity index (χ3v) is 0.835. The van der Waals surface area contributed by atoms with E-state index in [2.05, 4.69) is 10.1 Å². The first kappa shape index (κ1) is 11.4. The molecule has 0 fully saturated rings. The maximum absolute atomic E-state index is 10.8. The highest BCUT2D eigenvalue weighted by Crippen LogP contribution is 1.98. The molecule has 0 aromatic rings. The molecule has 0 bridgehead atoms. The van der Waals surface area contributed by atoms with E-state index < -0.39 is 16.6 Å². The number of nitrogens with one attached hydrogen (secondary N) is 1. The van der Waals surface area contributed by atoms with Crippen molar-refractivity contribution in [2.45, 2.75) is 26.3 Å². The maximum Gasteiger partial charge on any atom is 0.412 e. The highest BCUT2D eigenvalue weighted by molar-refractivity contribution is 5.68. The maximum atomic E-state index is 10.8. The van der Waals surface area contributed by atoms with Crippen molar-refractivity contribution in [1.82, 2.24) is 5.32 Å². The fraction of sp³-hybridized carbons (Fsp3) is 0.571. The second-order valence-corrected chi connectivity index (χ2v) is 3.35. The molecule has 0 heterocycles. The van der Waals surface area contributed by atoms with Crippen LogP contribution in [0.5, 0.6) is 0 Å². The van der Waals surface area contributed by atoms with Gasteiger partial charge in [0.15, 0.2) is 6.26 Å².